The monoisotopic (exact) mass is 184 g/mol. The Kier molecular flexibility index (Phi) is 3.28. The van der Waals surface area contributed by atoms with Gasteiger partial charge in [-0.05, 0) is 25.7 Å². The molecule has 1 aliphatic rings. The van der Waals surface area contributed by atoms with E-state index in [2.05, 4.69) is 0 Å². The van der Waals surface area contributed by atoms with Gasteiger partial charge in [0.2, 0.25) is 0 Å². The van der Waals surface area contributed by atoms with Crippen molar-refractivity contribution < 1.29 is 9.59 Å². The Hall–Kier alpha value is -1.06. The summed E-state index contributed by atoms with van der Waals surface area (Å²) in [5.74, 6) is -1.35. The molecule has 13 heavy (non-hydrogen) atoms. The van der Waals surface area contributed by atoms with Crippen LogP contribution < -0.4 is 5.73 Å². The molecule has 1 fully saturated rings. The number of likely N-dealkylation sites (tertiary alicyclic amines) is 1. The van der Waals surface area contributed by atoms with E-state index in [0.717, 1.165) is 25.7 Å². The van der Waals surface area contributed by atoms with E-state index in [9.17, 15) is 9.59 Å². The highest BCUT2D eigenvalue weighted by atomic mass is 16.2. The first kappa shape index (κ1) is 10.0. The second-order valence-corrected chi connectivity index (χ2v) is 3.42. The fraction of sp³-hybridized carbons (Fsp3) is 0.778. The van der Waals surface area contributed by atoms with Gasteiger partial charge in [0, 0.05) is 12.6 Å². The number of nitrogens with two attached hydrogens (primary N) is 1. The first-order chi connectivity index (χ1) is 6.16. The first-order valence-corrected chi connectivity index (χ1v) is 4.77. The van der Waals surface area contributed by atoms with E-state index in [1.54, 1.807) is 4.90 Å². The smallest absolute Gasteiger partial charge is 0.311 e. The number of piperidine rings is 1. The predicted octanol–water partition coefficient (Wildman–Crippen LogP) is 0.263. The summed E-state index contributed by atoms with van der Waals surface area (Å²) < 4.78 is 0. The van der Waals surface area contributed by atoms with Crippen LogP contribution in [0, 0.1) is 0 Å². The summed E-state index contributed by atoms with van der Waals surface area (Å²) in [6, 6.07) is 0.216. The molecular formula is C9H16N2O2. The van der Waals surface area contributed by atoms with Crippen molar-refractivity contribution in [3.05, 3.63) is 0 Å². The van der Waals surface area contributed by atoms with Crippen LogP contribution in [0.4, 0.5) is 0 Å². The molecule has 2 N–H and O–H groups in total. The molecule has 0 saturated carbocycles. The molecule has 2 amide bonds. The number of amides is 2. The molecule has 4 nitrogen and oxygen atoms in total. The molecule has 0 aliphatic carbocycles. The van der Waals surface area contributed by atoms with Gasteiger partial charge in [0.15, 0.2) is 0 Å². The van der Waals surface area contributed by atoms with Gasteiger partial charge in [0.1, 0.15) is 0 Å². The molecule has 0 bridgehead atoms. The zero-order valence-corrected chi connectivity index (χ0v) is 7.95. The molecule has 74 valence electrons. The van der Waals surface area contributed by atoms with Gasteiger partial charge >= 0.3 is 11.8 Å². The maximum absolute atomic E-state index is 11.3. The van der Waals surface area contributed by atoms with Crippen LogP contribution in [-0.2, 0) is 9.59 Å². The second-order valence-electron chi connectivity index (χ2n) is 3.42. The number of carbonyl (C=O) groups is 2. The average Bonchev–Trinajstić information content (AvgIpc) is 2.16. The van der Waals surface area contributed by atoms with Crippen LogP contribution in [0.2, 0.25) is 0 Å². The molecule has 1 atom stereocenters. The molecule has 0 aromatic rings. The third-order valence-electron chi connectivity index (χ3n) is 2.57. The molecule has 0 radical (unpaired) electrons. The summed E-state index contributed by atoms with van der Waals surface area (Å²) >= 11 is 0. The lowest BCUT2D eigenvalue weighted by molar-refractivity contribution is -0.146. The van der Waals surface area contributed by atoms with Gasteiger partial charge in [0.05, 0.1) is 0 Å². The lowest BCUT2D eigenvalue weighted by Crippen LogP contribution is -2.48. The van der Waals surface area contributed by atoms with Gasteiger partial charge in [-0.15, -0.1) is 0 Å². The summed E-state index contributed by atoms with van der Waals surface area (Å²) in [5, 5.41) is 0. The highest BCUT2D eigenvalue weighted by Gasteiger charge is 2.27. The number of hydrogen-bond donors (Lipinski definition) is 1. The molecular weight excluding hydrogens is 168 g/mol. The highest BCUT2D eigenvalue weighted by molar-refractivity contribution is 6.34. The van der Waals surface area contributed by atoms with Gasteiger partial charge in [-0.3, -0.25) is 9.59 Å². The second kappa shape index (κ2) is 4.25. The minimum atomic E-state index is -0.833. The Morgan fingerprint density at radius 3 is 2.69 bits per heavy atom. The van der Waals surface area contributed by atoms with Crippen molar-refractivity contribution in [2.75, 3.05) is 6.54 Å². The van der Waals surface area contributed by atoms with E-state index in [1.165, 1.54) is 0 Å². The van der Waals surface area contributed by atoms with E-state index in [-0.39, 0.29) is 6.04 Å². The van der Waals surface area contributed by atoms with Gasteiger partial charge in [-0.2, -0.15) is 0 Å². The number of rotatable bonds is 1. The normalized spacial score (nSPS) is 22.8. The van der Waals surface area contributed by atoms with Crippen molar-refractivity contribution in [1.29, 1.82) is 0 Å². The average molecular weight is 184 g/mol. The lowest BCUT2D eigenvalue weighted by Gasteiger charge is -2.34. The van der Waals surface area contributed by atoms with Crippen LogP contribution in [0.3, 0.4) is 0 Å². The van der Waals surface area contributed by atoms with Gasteiger partial charge in [-0.25, -0.2) is 0 Å². The largest absolute Gasteiger partial charge is 0.361 e. The van der Waals surface area contributed by atoms with Crippen LogP contribution in [0.5, 0.6) is 0 Å². The Morgan fingerprint density at radius 2 is 2.15 bits per heavy atom. The summed E-state index contributed by atoms with van der Waals surface area (Å²) in [6.45, 7) is 2.71. The Balaban J connectivity index is 2.64. The van der Waals surface area contributed by atoms with Gasteiger partial charge < -0.3 is 10.6 Å². The third-order valence-corrected chi connectivity index (χ3v) is 2.57. The van der Waals surface area contributed by atoms with Crippen molar-refractivity contribution in [3.63, 3.8) is 0 Å². The van der Waals surface area contributed by atoms with E-state index < -0.39 is 11.8 Å². The molecule has 1 heterocycles. The maximum Gasteiger partial charge on any atom is 0.311 e. The fourth-order valence-corrected chi connectivity index (χ4v) is 1.83. The number of primary amides is 1. The van der Waals surface area contributed by atoms with Crippen molar-refractivity contribution in [2.45, 2.75) is 38.6 Å². The number of nitrogens with zero attached hydrogens (tertiary/aromatic N) is 1. The van der Waals surface area contributed by atoms with Crippen LogP contribution >= 0.6 is 0 Å². The van der Waals surface area contributed by atoms with E-state index in [0.29, 0.717) is 6.54 Å². The number of carbonyl (C=O) groups excluding carboxylic acids is 2. The SMILES string of the molecule is CCC1CCCCN1C(=O)C(N)=O. The van der Waals surface area contributed by atoms with Crippen molar-refractivity contribution in [2.24, 2.45) is 5.73 Å². The summed E-state index contributed by atoms with van der Waals surface area (Å²) in [6.07, 6.45) is 4.02. The van der Waals surface area contributed by atoms with Gasteiger partial charge in [0.25, 0.3) is 0 Å². The van der Waals surface area contributed by atoms with Crippen molar-refractivity contribution >= 4 is 11.8 Å². The van der Waals surface area contributed by atoms with Crippen molar-refractivity contribution in [3.8, 4) is 0 Å². The third kappa shape index (κ3) is 2.20. The fourth-order valence-electron chi connectivity index (χ4n) is 1.83. The molecule has 1 unspecified atom stereocenters. The van der Waals surface area contributed by atoms with Crippen molar-refractivity contribution in [1.82, 2.24) is 4.90 Å². The molecule has 0 aromatic carbocycles. The first-order valence-electron chi connectivity index (χ1n) is 4.77. The summed E-state index contributed by atoms with van der Waals surface area (Å²) in [7, 11) is 0. The Morgan fingerprint density at radius 1 is 1.46 bits per heavy atom. The highest BCUT2D eigenvalue weighted by Crippen LogP contribution is 2.19. The summed E-state index contributed by atoms with van der Waals surface area (Å²) in [5.41, 5.74) is 4.95. The number of hydrogen-bond acceptors (Lipinski definition) is 2. The van der Waals surface area contributed by atoms with E-state index in [4.69, 9.17) is 5.73 Å². The molecule has 4 heteroatoms. The van der Waals surface area contributed by atoms with E-state index in [1.807, 2.05) is 6.92 Å². The van der Waals surface area contributed by atoms with Crippen LogP contribution in [0.1, 0.15) is 32.6 Å². The molecule has 1 saturated heterocycles. The minimum absolute atomic E-state index is 0.216. The minimum Gasteiger partial charge on any atom is -0.361 e. The van der Waals surface area contributed by atoms with E-state index >= 15 is 0 Å². The summed E-state index contributed by atoms with van der Waals surface area (Å²) in [4.78, 5) is 23.6. The zero-order valence-electron chi connectivity index (χ0n) is 7.95. The quantitative estimate of drug-likeness (QED) is 0.594. The Labute approximate surface area is 78.1 Å². The molecule has 1 rings (SSSR count). The van der Waals surface area contributed by atoms with Crippen LogP contribution in [0.25, 0.3) is 0 Å². The van der Waals surface area contributed by atoms with Crippen LogP contribution in [0.15, 0.2) is 0 Å². The predicted molar refractivity (Wildman–Crippen MR) is 48.8 cm³/mol. The topological polar surface area (TPSA) is 63.4 Å². The molecule has 1 aliphatic heterocycles. The zero-order chi connectivity index (χ0) is 9.84. The molecule has 0 aromatic heterocycles. The Bertz CT molecular complexity index is 216. The standard InChI is InChI=1S/C9H16N2O2/c1-2-7-5-3-4-6-11(7)9(13)8(10)12/h7H,2-6H2,1H3,(H2,10,12). The lowest BCUT2D eigenvalue weighted by atomic mass is 10.00. The molecule has 0 spiro atoms. The van der Waals surface area contributed by atoms with Gasteiger partial charge in [-0.1, -0.05) is 6.92 Å². The maximum atomic E-state index is 11.3. The van der Waals surface area contributed by atoms with Crippen LogP contribution in [-0.4, -0.2) is 29.3 Å².